The fraction of sp³-hybridized carbons (Fsp3) is 0.0172. The highest BCUT2D eigenvalue weighted by atomic mass is 15.0. The predicted octanol–water partition coefficient (Wildman–Crippen LogP) is 14.0. The van der Waals surface area contributed by atoms with Crippen molar-refractivity contribution >= 4 is 21.8 Å². The topological polar surface area (TPSA) is 43.6 Å². The van der Waals surface area contributed by atoms with Crippen LogP contribution in [0.3, 0.4) is 0 Å². The van der Waals surface area contributed by atoms with Crippen molar-refractivity contribution in [2.75, 3.05) is 0 Å². The molecule has 0 amide bonds. The Morgan fingerprint density at radius 1 is 0.306 bits per heavy atom. The van der Waals surface area contributed by atoms with Gasteiger partial charge < -0.3 is 4.57 Å². The second-order valence-electron chi connectivity index (χ2n) is 16.3. The molecule has 1 spiro atoms. The molecule has 288 valence electrons. The predicted molar refractivity (Wildman–Crippen MR) is 252 cm³/mol. The Bertz CT molecular complexity index is 3520. The SMILES string of the molecule is c1ccc(-c2nc(-c3ccc(-c4cccc5c4-c4ccccc4C54c5ccccc5-c5ccccc54)cc3)nc(-c3ccc4c(c3)c3ccccc3n4-c3ccccc3)n2)cc1. The average molecular weight is 789 g/mol. The molecule has 0 saturated carbocycles. The van der Waals surface area contributed by atoms with Crippen LogP contribution in [-0.2, 0) is 5.41 Å². The lowest BCUT2D eigenvalue weighted by atomic mass is 9.70. The van der Waals surface area contributed by atoms with E-state index < -0.39 is 0 Å². The van der Waals surface area contributed by atoms with E-state index in [4.69, 9.17) is 15.0 Å². The first kappa shape index (κ1) is 34.6. The lowest BCUT2D eigenvalue weighted by Crippen LogP contribution is -2.25. The molecule has 11 aromatic rings. The van der Waals surface area contributed by atoms with Crippen LogP contribution in [0.2, 0.25) is 0 Å². The van der Waals surface area contributed by atoms with Crippen LogP contribution in [0.25, 0.3) is 95.0 Å². The summed E-state index contributed by atoms with van der Waals surface area (Å²) in [7, 11) is 0. The summed E-state index contributed by atoms with van der Waals surface area (Å²) >= 11 is 0. The van der Waals surface area contributed by atoms with Gasteiger partial charge in [-0.25, -0.2) is 15.0 Å². The Balaban J connectivity index is 0.948. The third-order valence-corrected chi connectivity index (χ3v) is 13.1. The minimum atomic E-state index is -0.385. The molecule has 0 bridgehead atoms. The summed E-state index contributed by atoms with van der Waals surface area (Å²) in [6.07, 6.45) is 0. The summed E-state index contributed by atoms with van der Waals surface area (Å²) in [5, 5.41) is 2.33. The molecule has 9 aromatic carbocycles. The number of rotatable bonds is 5. The van der Waals surface area contributed by atoms with Gasteiger partial charge in [0.2, 0.25) is 0 Å². The third-order valence-electron chi connectivity index (χ3n) is 13.1. The molecular weight excluding hydrogens is 753 g/mol. The van der Waals surface area contributed by atoms with E-state index in [2.05, 4.69) is 205 Å². The zero-order valence-corrected chi connectivity index (χ0v) is 33.6. The number of para-hydroxylation sites is 2. The van der Waals surface area contributed by atoms with E-state index in [0.717, 1.165) is 44.4 Å². The highest BCUT2D eigenvalue weighted by Crippen LogP contribution is 2.63. The zero-order valence-electron chi connectivity index (χ0n) is 33.6. The lowest BCUT2D eigenvalue weighted by molar-refractivity contribution is 0.794. The van der Waals surface area contributed by atoms with Crippen molar-refractivity contribution in [3.05, 3.63) is 241 Å². The van der Waals surface area contributed by atoms with E-state index in [-0.39, 0.29) is 5.41 Å². The van der Waals surface area contributed by atoms with Gasteiger partial charge in [0.1, 0.15) is 0 Å². The summed E-state index contributed by atoms with van der Waals surface area (Å²) in [5.41, 5.74) is 18.8. The van der Waals surface area contributed by atoms with Crippen molar-refractivity contribution < 1.29 is 0 Å². The maximum Gasteiger partial charge on any atom is 0.164 e. The standard InChI is InChI=1S/C58H36N4/c1-3-16-38(17-4-1)55-59-56(61-57(60-55)40-34-35-53-47(36-40)45-22-10-14-29-52(45)62(53)41-18-5-2-6-19-41)39-32-30-37(31-33-39)42-24-15-28-51-54(42)46-23-9-13-27-50(46)58(51)48-25-11-7-20-43(48)44-21-8-12-26-49(44)58/h1-36H. The van der Waals surface area contributed by atoms with Crippen molar-refractivity contribution in [3.8, 4) is 73.2 Å². The molecule has 0 atom stereocenters. The Morgan fingerprint density at radius 2 is 0.774 bits per heavy atom. The number of fused-ring (bicyclic) bond motifs is 13. The van der Waals surface area contributed by atoms with Gasteiger partial charge in [-0.1, -0.05) is 182 Å². The van der Waals surface area contributed by atoms with E-state index in [1.54, 1.807) is 0 Å². The summed E-state index contributed by atoms with van der Waals surface area (Å²) in [5.74, 6) is 1.91. The molecule has 0 unspecified atom stereocenters. The van der Waals surface area contributed by atoms with Crippen molar-refractivity contribution in [1.82, 2.24) is 19.5 Å². The van der Waals surface area contributed by atoms with E-state index in [1.165, 1.54) is 55.5 Å². The number of benzene rings is 9. The van der Waals surface area contributed by atoms with Gasteiger partial charge >= 0.3 is 0 Å². The molecule has 0 fully saturated rings. The molecule has 2 aliphatic rings. The molecule has 0 aliphatic heterocycles. The van der Waals surface area contributed by atoms with Gasteiger partial charge in [0.25, 0.3) is 0 Å². The maximum absolute atomic E-state index is 5.20. The van der Waals surface area contributed by atoms with Crippen LogP contribution in [0, 0.1) is 0 Å². The number of aromatic nitrogens is 4. The van der Waals surface area contributed by atoms with Gasteiger partial charge in [-0.15, -0.1) is 0 Å². The molecule has 13 rings (SSSR count). The summed E-state index contributed by atoms with van der Waals surface area (Å²) < 4.78 is 2.33. The number of hydrogen-bond donors (Lipinski definition) is 0. The first-order valence-corrected chi connectivity index (χ1v) is 21.2. The van der Waals surface area contributed by atoms with Crippen LogP contribution in [0.1, 0.15) is 22.3 Å². The molecule has 4 heteroatoms. The van der Waals surface area contributed by atoms with Crippen LogP contribution in [0.15, 0.2) is 218 Å². The summed E-state index contributed by atoms with van der Waals surface area (Å²) in [4.78, 5) is 15.4. The Labute approximate surface area is 359 Å². The van der Waals surface area contributed by atoms with E-state index in [9.17, 15) is 0 Å². The van der Waals surface area contributed by atoms with E-state index in [0.29, 0.717) is 17.5 Å². The van der Waals surface area contributed by atoms with Crippen molar-refractivity contribution in [1.29, 1.82) is 0 Å². The van der Waals surface area contributed by atoms with E-state index in [1.807, 2.05) is 18.2 Å². The van der Waals surface area contributed by atoms with Crippen LogP contribution in [-0.4, -0.2) is 19.5 Å². The first-order chi connectivity index (χ1) is 30.8. The van der Waals surface area contributed by atoms with Gasteiger partial charge in [-0.3, -0.25) is 0 Å². The smallest absolute Gasteiger partial charge is 0.164 e. The van der Waals surface area contributed by atoms with Crippen molar-refractivity contribution in [3.63, 3.8) is 0 Å². The monoisotopic (exact) mass is 788 g/mol. The number of hydrogen-bond acceptors (Lipinski definition) is 3. The van der Waals surface area contributed by atoms with Crippen LogP contribution in [0.4, 0.5) is 0 Å². The first-order valence-electron chi connectivity index (χ1n) is 21.2. The molecule has 62 heavy (non-hydrogen) atoms. The van der Waals surface area contributed by atoms with Crippen LogP contribution in [0.5, 0.6) is 0 Å². The van der Waals surface area contributed by atoms with E-state index >= 15 is 0 Å². The molecule has 0 N–H and O–H groups in total. The second kappa shape index (κ2) is 13.4. The minimum Gasteiger partial charge on any atom is -0.309 e. The Morgan fingerprint density at radius 3 is 1.47 bits per heavy atom. The highest BCUT2D eigenvalue weighted by Gasteiger charge is 2.51. The molecule has 2 heterocycles. The second-order valence-corrected chi connectivity index (χ2v) is 16.3. The maximum atomic E-state index is 5.20. The van der Waals surface area contributed by atoms with Crippen LogP contribution >= 0.6 is 0 Å². The molecule has 2 aliphatic carbocycles. The average Bonchev–Trinajstić information content (AvgIpc) is 3.96. The minimum absolute atomic E-state index is 0.385. The fourth-order valence-electron chi connectivity index (χ4n) is 10.5. The molecule has 2 aromatic heterocycles. The molecule has 0 saturated heterocycles. The fourth-order valence-corrected chi connectivity index (χ4v) is 10.5. The third kappa shape index (κ3) is 4.92. The normalized spacial score (nSPS) is 13.0. The molecule has 0 radical (unpaired) electrons. The van der Waals surface area contributed by atoms with Crippen molar-refractivity contribution in [2.24, 2.45) is 0 Å². The lowest BCUT2D eigenvalue weighted by Gasteiger charge is -2.30. The zero-order chi connectivity index (χ0) is 40.8. The van der Waals surface area contributed by atoms with Gasteiger partial charge in [0.15, 0.2) is 17.5 Å². The largest absolute Gasteiger partial charge is 0.309 e. The molecule has 4 nitrogen and oxygen atoms in total. The van der Waals surface area contributed by atoms with Crippen LogP contribution < -0.4 is 0 Å². The number of nitrogens with zero attached hydrogens (tertiary/aromatic N) is 4. The quantitative estimate of drug-likeness (QED) is 0.174. The highest BCUT2D eigenvalue weighted by molar-refractivity contribution is 6.10. The summed E-state index contributed by atoms with van der Waals surface area (Å²) in [6, 6.07) is 78.5. The van der Waals surface area contributed by atoms with Crippen molar-refractivity contribution in [2.45, 2.75) is 5.41 Å². The Kier molecular flexibility index (Phi) is 7.49. The summed E-state index contributed by atoms with van der Waals surface area (Å²) in [6.45, 7) is 0. The molecular formula is C58H36N4. The van der Waals surface area contributed by atoms with Gasteiger partial charge in [0.05, 0.1) is 16.4 Å². The van der Waals surface area contributed by atoms with Gasteiger partial charge in [0, 0.05) is 33.2 Å². The van der Waals surface area contributed by atoms with Gasteiger partial charge in [-0.05, 0) is 92.0 Å². The van der Waals surface area contributed by atoms with Gasteiger partial charge in [-0.2, -0.15) is 0 Å². The Hall–Kier alpha value is -8.21.